The average molecular weight is 363 g/mol. The van der Waals surface area contributed by atoms with Crippen LogP contribution in [0.4, 0.5) is 5.13 Å². The molecule has 0 fully saturated rings. The number of thiazole rings is 1. The Bertz CT molecular complexity index is 1020. The van der Waals surface area contributed by atoms with Crippen LogP contribution in [0.3, 0.4) is 0 Å². The Balaban J connectivity index is 1.62. The maximum Gasteiger partial charge on any atom is 0.183 e. The van der Waals surface area contributed by atoms with Crippen molar-refractivity contribution in [3.05, 3.63) is 65.2 Å². The van der Waals surface area contributed by atoms with Gasteiger partial charge in [-0.3, -0.25) is 0 Å². The molecule has 0 saturated carbocycles. The molecule has 0 radical (unpaired) electrons. The van der Waals surface area contributed by atoms with E-state index in [2.05, 4.69) is 59.0 Å². The molecule has 0 unspecified atom stereocenters. The second-order valence-corrected chi connectivity index (χ2v) is 7.00. The lowest BCUT2D eigenvalue weighted by Gasteiger charge is -2.04. The van der Waals surface area contributed by atoms with Crippen molar-refractivity contribution in [3.8, 4) is 17.0 Å². The quantitative estimate of drug-likeness (QED) is 0.468. The molecule has 4 rings (SSSR count). The lowest BCUT2D eigenvalue weighted by atomic mass is 10.1. The number of aromatic amines is 1. The number of H-pyrrole nitrogens is 1. The van der Waals surface area contributed by atoms with Crippen LogP contribution in [0.1, 0.15) is 18.2 Å². The Kier molecular flexibility index (Phi) is 4.63. The molecule has 0 aliphatic heterocycles. The van der Waals surface area contributed by atoms with Crippen LogP contribution in [0.5, 0.6) is 5.75 Å². The summed E-state index contributed by atoms with van der Waals surface area (Å²) >= 11 is 1.63. The van der Waals surface area contributed by atoms with Gasteiger partial charge in [0.1, 0.15) is 5.75 Å². The fourth-order valence-electron chi connectivity index (χ4n) is 3.14. The number of nitrogens with one attached hydrogen (secondary N) is 2. The van der Waals surface area contributed by atoms with Gasteiger partial charge in [-0.15, -0.1) is 11.3 Å². The van der Waals surface area contributed by atoms with Gasteiger partial charge in [-0.2, -0.15) is 0 Å². The number of ether oxygens (including phenoxy) is 1. The number of aryl methyl sites for hydroxylation is 1. The van der Waals surface area contributed by atoms with Crippen LogP contribution in [-0.4, -0.2) is 16.6 Å². The second-order valence-electron chi connectivity index (χ2n) is 6.14. The minimum Gasteiger partial charge on any atom is -0.494 e. The van der Waals surface area contributed by atoms with Crippen LogP contribution >= 0.6 is 11.3 Å². The van der Waals surface area contributed by atoms with Gasteiger partial charge in [0.2, 0.25) is 0 Å². The van der Waals surface area contributed by atoms with Crippen molar-refractivity contribution in [1.82, 2.24) is 9.97 Å². The highest BCUT2D eigenvalue weighted by atomic mass is 32.1. The van der Waals surface area contributed by atoms with Gasteiger partial charge in [-0.1, -0.05) is 30.3 Å². The maximum absolute atomic E-state index is 5.66. The summed E-state index contributed by atoms with van der Waals surface area (Å²) in [7, 11) is 0. The predicted octanol–water partition coefficient (Wildman–Crippen LogP) is 5.61. The Hall–Kier alpha value is -2.79. The number of nitrogens with zero attached hydrogens (tertiary/aromatic N) is 1. The lowest BCUT2D eigenvalue weighted by Crippen LogP contribution is -1.98. The van der Waals surface area contributed by atoms with Gasteiger partial charge in [0.15, 0.2) is 5.13 Å². The Morgan fingerprint density at radius 1 is 1.15 bits per heavy atom. The van der Waals surface area contributed by atoms with E-state index in [1.54, 1.807) is 11.3 Å². The van der Waals surface area contributed by atoms with E-state index in [1.165, 1.54) is 5.56 Å². The van der Waals surface area contributed by atoms with E-state index in [1.807, 2.05) is 19.1 Å². The molecule has 4 nitrogen and oxygen atoms in total. The topological polar surface area (TPSA) is 49.9 Å². The van der Waals surface area contributed by atoms with Crippen LogP contribution in [0.15, 0.2) is 53.9 Å². The molecule has 4 aromatic rings. The van der Waals surface area contributed by atoms with Crippen molar-refractivity contribution < 1.29 is 4.74 Å². The van der Waals surface area contributed by atoms with Gasteiger partial charge in [0.25, 0.3) is 0 Å². The largest absolute Gasteiger partial charge is 0.494 e. The summed E-state index contributed by atoms with van der Waals surface area (Å²) in [6.07, 6.45) is 0. The molecule has 2 heterocycles. The molecule has 0 saturated heterocycles. The van der Waals surface area contributed by atoms with Crippen molar-refractivity contribution in [2.24, 2.45) is 0 Å². The molecular formula is C21H21N3OS. The molecule has 0 aliphatic carbocycles. The smallest absolute Gasteiger partial charge is 0.183 e. The molecule has 132 valence electrons. The van der Waals surface area contributed by atoms with Gasteiger partial charge < -0.3 is 15.0 Å². The van der Waals surface area contributed by atoms with E-state index < -0.39 is 0 Å². The third-order valence-electron chi connectivity index (χ3n) is 4.32. The third-order valence-corrected chi connectivity index (χ3v) is 5.12. The molecule has 2 aromatic carbocycles. The summed E-state index contributed by atoms with van der Waals surface area (Å²) in [5, 5.41) is 7.60. The van der Waals surface area contributed by atoms with E-state index in [0.717, 1.165) is 45.3 Å². The minimum absolute atomic E-state index is 0.661. The third kappa shape index (κ3) is 3.30. The summed E-state index contributed by atoms with van der Waals surface area (Å²) < 4.78 is 5.66. The Morgan fingerprint density at radius 2 is 2.00 bits per heavy atom. The van der Waals surface area contributed by atoms with Crippen LogP contribution in [-0.2, 0) is 6.54 Å². The van der Waals surface area contributed by atoms with Crippen molar-refractivity contribution in [2.45, 2.75) is 20.4 Å². The zero-order valence-electron chi connectivity index (χ0n) is 14.9. The van der Waals surface area contributed by atoms with E-state index in [-0.39, 0.29) is 0 Å². The summed E-state index contributed by atoms with van der Waals surface area (Å²) in [4.78, 5) is 8.25. The number of anilines is 1. The highest BCUT2D eigenvalue weighted by molar-refractivity contribution is 7.14. The fraction of sp³-hybridized carbons (Fsp3) is 0.190. The summed E-state index contributed by atoms with van der Waals surface area (Å²) in [5.41, 5.74) is 5.60. The molecule has 0 aliphatic rings. The first-order valence-corrected chi connectivity index (χ1v) is 9.61. The first-order valence-electron chi connectivity index (χ1n) is 8.73. The van der Waals surface area contributed by atoms with Gasteiger partial charge in [0.05, 0.1) is 12.3 Å². The molecule has 5 heteroatoms. The Morgan fingerprint density at radius 3 is 2.81 bits per heavy atom. The number of hydrogen-bond acceptors (Lipinski definition) is 4. The minimum atomic E-state index is 0.661. The predicted molar refractivity (Wildman–Crippen MR) is 109 cm³/mol. The number of fused-ring (bicyclic) bond motifs is 1. The Labute approximate surface area is 156 Å². The van der Waals surface area contributed by atoms with Crippen molar-refractivity contribution in [1.29, 1.82) is 0 Å². The molecule has 2 aromatic heterocycles. The highest BCUT2D eigenvalue weighted by Gasteiger charge is 2.14. The van der Waals surface area contributed by atoms with E-state index in [0.29, 0.717) is 6.61 Å². The van der Waals surface area contributed by atoms with Gasteiger partial charge in [-0.25, -0.2) is 4.98 Å². The molecular weight excluding hydrogens is 342 g/mol. The molecule has 26 heavy (non-hydrogen) atoms. The maximum atomic E-state index is 5.66. The molecule has 0 spiro atoms. The van der Waals surface area contributed by atoms with Crippen molar-refractivity contribution >= 4 is 27.4 Å². The zero-order chi connectivity index (χ0) is 17.9. The highest BCUT2D eigenvalue weighted by Crippen LogP contribution is 2.35. The summed E-state index contributed by atoms with van der Waals surface area (Å²) in [6.45, 7) is 5.52. The lowest BCUT2D eigenvalue weighted by molar-refractivity contribution is 0.341. The van der Waals surface area contributed by atoms with Gasteiger partial charge in [0, 0.05) is 34.1 Å². The van der Waals surface area contributed by atoms with Gasteiger partial charge in [-0.05, 0) is 37.6 Å². The van der Waals surface area contributed by atoms with Crippen LogP contribution in [0.2, 0.25) is 0 Å². The average Bonchev–Trinajstić information content (AvgIpc) is 3.24. The number of rotatable bonds is 6. The SMILES string of the molecule is CCOc1ccc2[nH]c(C)c(-c3csc(NCc4ccccc4)n3)c2c1. The van der Waals surface area contributed by atoms with Gasteiger partial charge >= 0.3 is 0 Å². The van der Waals surface area contributed by atoms with E-state index in [4.69, 9.17) is 9.72 Å². The first-order chi connectivity index (χ1) is 12.7. The van der Waals surface area contributed by atoms with E-state index in [9.17, 15) is 0 Å². The van der Waals surface area contributed by atoms with Crippen LogP contribution < -0.4 is 10.1 Å². The number of aromatic nitrogens is 2. The summed E-state index contributed by atoms with van der Waals surface area (Å²) in [6, 6.07) is 16.5. The van der Waals surface area contributed by atoms with Crippen molar-refractivity contribution in [2.75, 3.05) is 11.9 Å². The monoisotopic (exact) mass is 363 g/mol. The van der Waals surface area contributed by atoms with Crippen LogP contribution in [0, 0.1) is 6.92 Å². The first kappa shape index (κ1) is 16.7. The fourth-order valence-corrected chi connectivity index (χ4v) is 3.84. The number of hydrogen-bond donors (Lipinski definition) is 2. The molecule has 0 atom stereocenters. The second kappa shape index (κ2) is 7.22. The van der Waals surface area contributed by atoms with Crippen molar-refractivity contribution in [3.63, 3.8) is 0 Å². The van der Waals surface area contributed by atoms with E-state index >= 15 is 0 Å². The summed E-state index contributed by atoms with van der Waals surface area (Å²) in [5.74, 6) is 0.887. The zero-order valence-corrected chi connectivity index (χ0v) is 15.7. The molecule has 0 bridgehead atoms. The molecule has 0 amide bonds. The van der Waals surface area contributed by atoms with Crippen LogP contribution in [0.25, 0.3) is 22.2 Å². The number of benzene rings is 2. The standard InChI is InChI=1S/C21H21N3OS/c1-3-25-16-9-10-18-17(11-16)20(14(2)23-18)19-13-26-21(24-19)22-12-15-7-5-4-6-8-15/h4-11,13,23H,3,12H2,1-2H3,(H,22,24). The molecule has 2 N–H and O–H groups in total. The normalized spacial score (nSPS) is 11.0.